The number of aromatic amines is 1. The molecule has 3 rings (SSSR count). The summed E-state index contributed by atoms with van der Waals surface area (Å²) in [6.45, 7) is 0. The Morgan fingerprint density at radius 3 is 2.45 bits per heavy atom. The SMILES string of the molecule is COC(=O)Cc1c[nH]c2cc(Cl)cc(C(N)(C(=O)c3ccccc3)S(C)(=O)=O)c12. The van der Waals surface area contributed by atoms with Crippen LogP contribution in [0.1, 0.15) is 21.5 Å². The number of carbonyl (C=O) groups is 2. The van der Waals surface area contributed by atoms with E-state index in [1.807, 2.05) is 0 Å². The lowest BCUT2D eigenvalue weighted by molar-refractivity contribution is -0.139. The predicted molar refractivity (Wildman–Crippen MR) is 111 cm³/mol. The molecule has 3 aromatic rings. The number of carbonyl (C=O) groups excluding carboxylic acids is 2. The first-order chi connectivity index (χ1) is 13.6. The van der Waals surface area contributed by atoms with Crippen molar-refractivity contribution in [3.63, 3.8) is 0 Å². The number of ketones is 1. The molecule has 1 atom stereocenters. The number of hydrogen-bond acceptors (Lipinski definition) is 6. The molecule has 0 aliphatic rings. The highest BCUT2D eigenvalue weighted by Gasteiger charge is 2.48. The Morgan fingerprint density at radius 2 is 1.86 bits per heavy atom. The van der Waals surface area contributed by atoms with Gasteiger partial charge < -0.3 is 15.5 Å². The van der Waals surface area contributed by atoms with Crippen molar-refractivity contribution < 1.29 is 22.7 Å². The van der Waals surface area contributed by atoms with Crippen molar-refractivity contribution >= 4 is 44.1 Å². The maximum absolute atomic E-state index is 13.3. The van der Waals surface area contributed by atoms with Crippen LogP contribution in [0.3, 0.4) is 0 Å². The standard InChI is InChI=1S/C20H19ClN2O5S/c1-28-17(24)8-13-11-23-16-10-14(21)9-15(18(13)16)20(22,29(2,26)27)19(25)12-6-4-3-5-7-12/h3-7,9-11,23H,8,22H2,1-2H3. The van der Waals surface area contributed by atoms with Crippen molar-refractivity contribution in [1.82, 2.24) is 4.98 Å². The lowest BCUT2D eigenvalue weighted by Crippen LogP contribution is -2.51. The molecule has 0 fully saturated rings. The second-order valence-corrected chi connectivity index (χ2v) is 9.27. The Labute approximate surface area is 172 Å². The van der Waals surface area contributed by atoms with Crippen LogP contribution in [0.25, 0.3) is 10.9 Å². The highest BCUT2D eigenvalue weighted by Crippen LogP contribution is 2.37. The van der Waals surface area contributed by atoms with E-state index in [0.29, 0.717) is 16.5 Å². The Hall–Kier alpha value is -2.68. The van der Waals surface area contributed by atoms with Crippen molar-refractivity contribution in [1.29, 1.82) is 0 Å². The molecule has 29 heavy (non-hydrogen) atoms. The zero-order valence-corrected chi connectivity index (χ0v) is 17.3. The van der Waals surface area contributed by atoms with Gasteiger partial charge in [0.15, 0.2) is 9.84 Å². The molecule has 3 N–H and O–H groups in total. The number of benzene rings is 2. The molecule has 9 heteroatoms. The minimum Gasteiger partial charge on any atom is -0.469 e. The molecule has 0 amide bonds. The highest BCUT2D eigenvalue weighted by atomic mass is 35.5. The van der Waals surface area contributed by atoms with Gasteiger partial charge in [0.1, 0.15) is 0 Å². The minimum atomic E-state index is -4.16. The van der Waals surface area contributed by atoms with Crippen LogP contribution in [-0.4, -0.2) is 38.5 Å². The van der Waals surface area contributed by atoms with Crippen LogP contribution in [0.2, 0.25) is 5.02 Å². The Bertz CT molecular complexity index is 1200. The first-order valence-corrected chi connectivity index (χ1v) is 10.8. The molecule has 0 spiro atoms. The zero-order valence-electron chi connectivity index (χ0n) is 15.7. The van der Waals surface area contributed by atoms with Gasteiger partial charge in [-0.1, -0.05) is 41.9 Å². The quantitative estimate of drug-likeness (QED) is 0.454. The minimum absolute atomic E-state index is 0.00324. The van der Waals surface area contributed by atoms with Crippen molar-refractivity contribution in [3.05, 3.63) is 70.4 Å². The Morgan fingerprint density at radius 1 is 1.21 bits per heavy atom. The van der Waals surface area contributed by atoms with Crippen molar-refractivity contribution in [2.24, 2.45) is 5.73 Å². The number of fused-ring (bicyclic) bond motifs is 1. The third-order valence-electron chi connectivity index (χ3n) is 4.75. The number of halogens is 1. The summed E-state index contributed by atoms with van der Waals surface area (Å²) in [7, 11) is -2.91. The number of sulfone groups is 1. The number of hydrogen-bond donors (Lipinski definition) is 2. The molecule has 0 saturated heterocycles. The van der Waals surface area contributed by atoms with Gasteiger partial charge in [-0.25, -0.2) is 8.42 Å². The zero-order chi connectivity index (χ0) is 21.4. The summed E-state index contributed by atoms with van der Waals surface area (Å²) in [6.07, 6.45) is 2.30. The van der Waals surface area contributed by atoms with E-state index in [1.54, 1.807) is 24.3 Å². The van der Waals surface area contributed by atoms with E-state index >= 15 is 0 Å². The average molecular weight is 435 g/mol. The van der Waals surface area contributed by atoms with E-state index in [2.05, 4.69) is 4.98 Å². The van der Waals surface area contributed by atoms with Gasteiger partial charge in [-0.05, 0) is 17.7 Å². The molecule has 2 aromatic carbocycles. The first kappa shape index (κ1) is 21.0. The van der Waals surface area contributed by atoms with Crippen molar-refractivity contribution in [3.8, 4) is 0 Å². The normalized spacial score (nSPS) is 13.8. The van der Waals surface area contributed by atoms with Crippen LogP contribution in [0, 0.1) is 0 Å². The Balaban J connectivity index is 2.36. The average Bonchev–Trinajstić information content (AvgIpc) is 3.08. The van der Waals surface area contributed by atoms with E-state index in [9.17, 15) is 18.0 Å². The van der Waals surface area contributed by atoms with Gasteiger partial charge in [0, 0.05) is 39.5 Å². The number of rotatable bonds is 6. The van der Waals surface area contributed by atoms with E-state index < -0.39 is 26.5 Å². The molecule has 0 saturated carbocycles. The maximum atomic E-state index is 13.3. The molecule has 1 aromatic heterocycles. The van der Waals surface area contributed by atoms with Crippen LogP contribution < -0.4 is 5.73 Å². The van der Waals surface area contributed by atoms with E-state index in [0.717, 1.165) is 6.26 Å². The number of nitrogens with two attached hydrogens (primary N) is 1. The summed E-state index contributed by atoms with van der Waals surface area (Å²) in [6, 6.07) is 10.8. The van der Waals surface area contributed by atoms with Crippen LogP contribution in [0.5, 0.6) is 0 Å². The third-order valence-corrected chi connectivity index (χ3v) is 6.54. The highest BCUT2D eigenvalue weighted by molar-refractivity contribution is 7.92. The van der Waals surface area contributed by atoms with Crippen LogP contribution in [0.15, 0.2) is 48.7 Å². The lowest BCUT2D eigenvalue weighted by atomic mass is 9.92. The van der Waals surface area contributed by atoms with Crippen LogP contribution in [-0.2, 0) is 30.7 Å². The molecule has 0 aliphatic carbocycles. The molecule has 7 nitrogen and oxygen atoms in total. The third kappa shape index (κ3) is 3.66. The van der Waals surface area contributed by atoms with E-state index in [4.69, 9.17) is 22.1 Å². The number of esters is 1. The number of methoxy groups -OCH3 is 1. The summed E-state index contributed by atoms with van der Waals surface area (Å²) in [5, 5.41) is 0.537. The smallest absolute Gasteiger partial charge is 0.310 e. The fourth-order valence-electron chi connectivity index (χ4n) is 3.26. The largest absolute Gasteiger partial charge is 0.469 e. The summed E-state index contributed by atoms with van der Waals surface area (Å²) >= 11 is 6.20. The van der Waals surface area contributed by atoms with Gasteiger partial charge in [-0.15, -0.1) is 0 Å². The second kappa shape index (κ2) is 7.62. The molecule has 0 aliphatic heterocycles. The second-order valence-electron chi connectivity index (χ2n) is 6.65. The first-order valence-electron chi connectivity index (χ1n) is 8.54. The molecular formula is C20H19ClN2O5S. The van der Waals surface area contributed by atoms with Gasteiger partial charge in [-0.3, -0.25) is 9.59 Å². The fourth-order valence-corrected chi connectivity index (χ4v) is 4.49. The van der Waals surface area contributed by atoms with Crippen LogP contribution >= 0.6 is 11.6 Å². The number of Topliss-reactive ketones (excluding diaryl/α,β-unsaturated/α-hetero) is 1. The number of H-pyrrole nitrogens is 1. The molecule has 1 unspecified atom stereocenters. The Kier molecular flexibility index (Phi) is 5.53. The molecule has 152 valence electrons. The molecule has 0 radical (unpaired) electrons. The number of nitrogens with one attached hydrogen (secondary N) is 1. The number of aromatic nitrogens is 1. The van der Waals surface area contributed by atoms with Crippen LogP contribution in [0.4, 0.5) is 0 Å². The lowest BCUT2D eigenvalue weighted by Gasteiger charge is -2.28. The molecule has 0 bridgehead atoms. The fraction of sp³-hybridized carbons (Fsp3) is 0.200. The molecular weight excluding hydrogens is 416 g/mol. The monoisotopic (exact) mass is 434 g/mol. The van der Waals surface area contributed by atoms with Gasteiger partial charge in [-0.2, -0.15) is 0 Å². The van der Waals surface area contributed by atoms with Gasteiger partial charge in [0.05, 0.1) is 13.5 Å². The van der Waals surface area contributed by atoms with Crippen molar-refractivity contribution in [2.75, 3.05) is 13.4 Å². The van der Waals surface area contributed by atoms with Gasteiger partial charge in [0.25, 0.3) is 0 Å². The summed E-state index contributed by atoms with van der Waals surface area (Å²) in [5.41, 5.74) is 7.40. The van der Waals surface area contributed by atoms with Gasteiger partial charge >= 0.3 is 5.97 Å². The summed E-state index contributed by atoms with van der Waals surface area (Å²) in [5.74, 6) is -1.32. The summed E-state index contributed by atoms with van der Waals surface area (Å²) < 4.78 is 30.4. The van der Waals surface area contributed by atoms with Crippen molar-refractivity contribution in [2.45, 2.75) is 11.3 Å². The molecule has 1 heterocycles. The summed E-state index contributed by atoms with van der Waals surface area (Å²) in [4.78, 5) is 25.7. The number of ether oxygens (including phenoxy) is 1. The topological polar surface area (TPSA) is 119 Å². The van der Waals surface area contributed by atoms with E-state index in [-0.39, 0.29) is 22.6 Å². The predicted octanol–water partition coefficient (Wildman–Crippen LogP) is 2.58. The van der Waals surface area contributed by atoms with Gasteiger partial charge in [0.2, 0.25) is 10.7 Å². The van der Waals surface area contributed by atoms with E-state index in [1.165, 1.54) is 31.5 Å². The maximum Gasteiger partial charge on any atom is 0.310 e.